The van der Waals surface area contributed by atoms with E-state index in [4.69, 9.17) is 10.3 Å². The lowest BCUT2D eigenvalue weighted by Gasteiger charge is -2.13. The van der Waals surface area contributed by atoms with E-state index in [-0.39, 0.29) is 0 Å². The fourth-order valence-electron chi connectivity index (χ4n) is 3.05. The average molecular weight is 456 g/mol. The summed E-state index contributed by atoms with van der Waals surface area (Å²) in [5.41, 5.74) is 13.3. The standard InChI is InChI=1S/C24H21N7OS/c1-16(21-15-26-24(28-21)17-6-4-3-5-7-17)27-20-12-13-22(32-2)23(14-20)33-30-19-10-8-18(9-11-19)29-31-25/h3-15,27,30H,1H2,2H3,(H,26,28). The maximum absolute atomic E-state index is 8.52. The molecule has 0 saturated carbocycles. The van der Waals surface area contributed by atoms with Gasteiger partial charge in [0.05, 0.1) is 29.6 Å². The average Bonchev–Trinajstić information content (AvgIpc) is 3.35. The predicted molar refractivity (Wildman–Crippen MR) is 134 cm³/mol. The molecule has 4 aromatic rings. The maximum atomic E-state index is 8.52. The van der Waals surface area contributed by atoms with Crippen molar-refractivity contribution in [3.63, 3.8) is 0 Å². The molecule has 0 fully saturated rings. The van der Waals surface area contributed by atoms with Crippen molar-refractivity contribution in [3.05, 3.63) is 102 Å². The van der Waals surface area contributed by atoms with Crippen LogP contribution in [0.4, 0.5) is 17.1 Å². The van der Waals surface area contributed by atoms with Crippen LogP contribution in [0.1, 0.15) is 5.69 Å². The molecule has 0 spiro atoms. The van der Waals surface area contributed by atoms with Crippen molar-refractivity contribution in [1.29, 1.82) is 0 Å². The molecule has 1 aromatic heterocycles. The van der Waals surface area contributed by atoms with Crippen molar-refractivity contribution < 1.29 is 4.74 Å². The van der Waals surface area contributed by atoms with Crippen LogP contribution < -0.4 is 14.8 Å². The third-order valence-electron chi connectivity index (χ3n) is 4.71. The SMILES string of the molecule is C=C(Nc1ccc(OC)c(SNc2ccc(N=[N+]=[N-])cc2)c1)c1cnc(-c2ccccc2)[nH]1. The molecule has 0 aliphatic rings. The molecule has 3 N–H and O–H groups in total. The van der Waals surface area contributed by atoms with Crippen molar-refractivity contribution in [3.8, 4) is 17.1 Å². The number of ether oxygens (including phenoxy) is 1. The first-order chi connectivity index (χ1) is 16.2. The quantitative estimate of drug-likeness (QED) is 0.107. The van der Waals surface area contributed by atoms with E-state index in [0.29, 0.717) is 11.4 Å². The number of hydrogen-bond donors (Lipinski definition) is 3. The summed E-state index contributed by atoms with van der Waals surface area (Å²) >= 11 is 1.41. The van der Waals surface area contributed by atoms with Gasteiger partial charge in [0.2, 0.25) is 0 Å². The number of imidazole rings is 1. The number of H-pyrrole nitrogens is 1. The highest BCUT2D eigenvalue weighted by Gasteiger charge is 2.10. The van der Waals surface area contributed by atoms with Gasteiger partial charge in [0.15, 0.2) is 0 Å². The highest BCUT2D eigenvalue weighted by Crippen LogP contribution is 2.34. The van der Waals surface area contributed by atoms with E-state index in [2.05, 4.69) is 36.6 Å². The van der Waals surface area contributed by atoms with Crippen LogP contribution in [-0.2, 0) is 0 Å². The largest absolute Gasteiger partial charge is 0.496 e. The first-order valence-electron chi connectivity index (χ1n) is 9.99. The van der Waals surface area contributed by atoms with Gasteiger partial charge in [-0.3, -0.25) is 0 Å². The molecule has 0 atom stereocenters. The predicted octanol–water partition coefficient (Wildman–Crippen LogP) is 7.23. The molecule has 4 rings (SSSR count). The van der Waals surface area contributed by atoms with E-state index in [1.54, 1.807) is 25.4 Å². The first-order valence-corrected chi connectivity index (χ1v) is 10.8. The molecule has 0 amide bonds. The zero-order valence-corrected chi connectivity index (χ0v) is 18.6. The molecule has 33 heavy (non-hydrogen) atoms. The first kappa shape index (κ1) is 21.9. The monoisotopic (exact) mass is 455 g/mol. The molecule has 8 nitrogen and oxygen atoms in total. The van der Waals surface area contributed by atoms with Crippen LogP contribution >= 0.6 is 11.9 Å². The van der Waals surface area contributed by atoms with Crippen molar-refractivity contribution in [2.24, 2.45) is 5.11 Å². The van der Waals surface area contributed by atoms with Crippen LogP contribution in [0.2, 0.25) is 0 Å². The number of nitrogens with one attached hydrogen (secondary N) is 3. The zero-order chi connectivity index (χ0) is 23.0. The molecule has 0 radical (unpaired) electrons. The summed E-state index contributed by atoms with van der Waals surface area (Å²) in [4.78, 5) is 11.4. The summed E-state index contributed by atoms with van der Waals surface area (Å²) in [6.07, 6.45) is 1.76. The number of aromatic amines is 1. The highest BCUT2D eigenvalue weighted by atomic mass is 32.2. The van der Waals surface area contributed by atoms with Gasteiger partial charge in [0, 0.05) is 27.5 Å². The van der Waals surface area contributed by atoms with Gasteiger partial charge in [-0.1, -0.05) is 54.2 Å². The number of nitrogens with zero attached hydrogens (tertiary/aromatic N) is 4. The van der Waals surface area contributed by atoms with Gasteiger partial charge in [0.25, 0.3) is 0 Å². The highest BCUT2D eigenvalue weighted by molar-refractivity contribution is 8.00. The zero-order valence-electron chi connectivity index (χ0n) is 17.8. The Morgan fingerprint density at radius 3 is 2.58 bits per heavy atom. The number of rotatable bonds is 9. The Bertz CT molecular complexity index is 1300. The second-order valence-corrected chi connectivity index (χ2v) is 7.77. The fourth-order valence-corrected chi connectivity index (χ4v) is 3.86. The molecule has 0 saturated heterocycles. The van der Waals surface area contributed by atoms with E-state index >= 15 is 0 Å². The molecule has 1 heterocycles. The minimum atomic E-state index is 0.560. The number of aromatic nitrogens is 2. The van der Waals surface area contributed by atoms with E-state index in [1.165, 1.54) is 11.9 Å². The second-order valence-electron chi connectivity index (χ2n) is 6.92. The smallest absolute Gasteiger partial charge is 0.137 e. The van der Waals surface area contributed by atoms with Gasteiger partial charge >= 0.3 is 0 Å². The van der Waals surface area contributed by atoms with Gasteiger partial charge in [-0.05, 0) is 47.8 Å². The minimum Gasteiger partial charge on any atom is -0.496 e. The summed E-state index contributed by atoms with van der Waals surface area (Å²) in [5, 5.41) is 6.90. The van der Waals surface area contributed by atoms with Crippen LogP contribution in [0.3, 0.4) is 0 Å². The summed E-state index contributed by atoms with van der Waals surface area (Å²) in [7, 11) is 1.63. The van der Waals surface area contributed by atoms with Crippen molar-refractivity contribution in [2.75, 3.05) is 17.1 Å². The number of anilines is 2. The molecule has 0 bridgehead atoms. The molecule has 9 heteroatoms. The van der Waals surface area contributed by atoms with Crippen LogP contribution in [0.25, 0.3) is 27.5 Å². The lowest BCUT2D eigenvalue weighted by atomic mass is 10.2. The Balaban J connectivity index is 1.45. The van der Waals surface area contributed by atoms with Gasteiger partial charge in [-0.15, -0.1) is 0 Å². The van der Waals surface area contributed by atoms with Gasteiger partial charge in [0.1, 0.15) is 11.6 Å². The van der Waals surface area contributed by atoms with Gasteiger partial charge in [-0.2, -0.15) is 0 Å². The normalized spacial score (nSPS) is 10.2. The van der Waals surface area contributed by atoms with Crippen LogP contribution in [0.5, 0.6) is 5.75 Å². The van der Waals surface area contributed by atoms with E-state index in [9.17, 15) is 0 Å². The molecule has 164 valence electrons. The van der Waals surface area contributed by atoms with E-state index in [1.807, 2.05) is 60.7 Å². The van der Waals surface area contributed by atoms with Gasteiger partial charge < -0.3 is 19.8 Å². The van der Waals surface area contributed by atoms with Crippen molar-refractivity contribution in [2.45, 2.75) is 4.90 Å². The fraction of sp³-hybridized carbons (Fsp3) is 0.0417. The van der Waals surface area contributed by atoms with Crippen LogP contribution in [0, 0.1) is 0 Å². The summed E-state index contributed by atoms with van der Waals surface area (Å²) in [6, 6.07) is 22.9. The van der Waals surface area contributed by atoms with Crippen molar-refractivity contribution in [1.82, 2.24) is 9.97 Å². The molecular weight excluding hydrogens is 434 g/mol. The second kappa shape index (κ2) is 10.3. The lowest BCUT2D eigenvalue weighted by molar-refractivity contribution is 0.405. The molecule has 0 unspecified atom stereocenters. The van der Waals surface area contributed by atoms with Crippen LogP contribution in [-0.4, -0.2) is 17.1 Å². The topological polar surface area (TPSA) is 111 Å². The van der Waals surface area contributed by atoms with Gasteiger partial charge in [-0.25, -0.2) is 4.98 Å². The lowest BCUT2D eigenvalue weighted by Crippen LogP contribution is -1.99. The third-order valence-corrected chi connectivity index (χ3v) is 5.59. The van der Waals surface area contributed by atoms with Crippen molar-refractivity contribution >= 4 is 34.7 Å². The Kier molecular flexibility index (Phi) is 6.84. The number of hydrogen-bond acceptors (Lipinski definition) is 6. The Hall–Kier alpha value is -4.33. The summed E-state index contributed by atoms with van der Waals surface area (Å²) < 4.78 is 8.77. The van der Waals surface area contributed by atoms with E-state index < -0.39 is 0 Å². The molecule has 3 aromatic carbocycles. The maximum Gasteiger partial charge on any atom is 0.137 e. The molecule has 0 aliphatic carbocycles. The summed E-state index contributed by atoms with van der Waals surface area (Å²) in [6.45, 7) is 4.15. The third kappa shape index (κ3) is 5.48. The number of methoxy groups -OCH3 is 1. The Morgan fingerprint density at radius 1 is 1.09 bits per heavy atom. The Morgan fingerprint density at radius 2 is 1.85 bits per heavy atom. The molecular formula is C24H21N7OS. The Labute approximate surface area is 195 Å². The van der Waals surface area contributed by atoms with Crippen LogP contribution in [0.15, 0.2) is 95.6 Å². The minimum absolute atomic E-state index is 0.560. The summed E-state index contributed by atoms with van der Waals surface area (Å²) in [5.74, 6) is 1.53. The number of benzene rings is 3. The molecule has 0 aliphatic heterocycles. The number of azide groups is 1. The van der Waals surface area contributed by atoms with E-state index in [0.717, 1.165) is 39.1 Å².